The molecule has 1 saturated heterocycles. The summed E-state index contributed by atoms with van der Waals surface area (Å²) in [5.41, 5.74) is 2.03. The van der Waals surface area contributed by atoms with Crippen molar-refractivity contribution in [3.8, 4) is 0 Å². The van der Waals surface area contributed by atoms with Crippen LogP contribution in [0.1, 0.15) is 10.5 Å². The van der Waals surface area contributed by atoms with Crippen molar-refractivity contribution >= 4 is 34.8 Å². The molecule has 7 nitrogen and oxygen atoms in total. The average molecular weight is 395 g/mol. The number of hydrogen-bond acceptors (Lipinski definition) is 6. The number of amides is 1. The third-order valence-corrected chi connectivity index (χ3v) is 4.81. The number of benzene rings is 1. The molecule has 8 heteroatoms. The van der Waals surface area contributed by atoms with Gasteiger partial charge >= 0.3 is 0 Å². The van der Waals surface area contributed by atoms with E-state index in [-0.39, 0.29) is 5.91 Å². The van der Waals surface area contributed by atoms with E-state index >= 15 is 0 Å². The minimum Gasteiger partial charge on any atom is -0.368 e. The van der Waals surface area contributed by atoms with Gasteiger partial charge < -0.3 is 15.1 Å². The zero-order valence-electron chi connectivity index (χ0n) is 15.1. The molecule has 0 aliphatic carbocycles. The van der Waals surface area contributed by atoms with Crippen LogP contribution in [-0.4, -0.2) is 47.0 Å². The van der Waals surface area contributed by atoms with Crippen molar-refractivity contribution in [2.24, 2.45) is 0 Å². The molecule has 1 aromatic carbocycles. The first-order chi connectivity index (χ1) is 13.7. The number of carbonyl (C=O) groups is 1. The van der Waals surface area contributed by atoms with Gasteiger partial charge in [0.2, 0.25) is 5.95 Å². The minimum atomic E-state index is -0.250. The second-order valence-electron chi connectivity index (χ2n) is 6.38. The normalized spacial score (nSPS) is 14.0. The lowest BCUT2D eigenvalue weighted by Gasteiger charge is -2.36. The van der Waals surface area contributed by atoms with Gasteiger partial charge in [-0.15, -0.1) is 0 Å². The van der Waals surface area contributed by atoms with Gasteiger partial charge in [0.25, 0.3) is 5.91 Å². The van der Waals surface area contributed by atoms with Crippen LogP contribution in [0.4, 0.5) is 17.3 Å². The zero-order chi connectivity index (χ0) is 19.3. The monoisotopic (exact) mass is 394 g/mol. The first kappa shape index (κ1) is 18.2. The summed E-state index contributed by atoms with van der Waals surface area (Å²) < 4.78 is 0. The number of nitrogens with zero attached hydrogens (tertiary/aromatic N) is 5. The van der Waals surface area contributed by atoms with Gasteiger partial charge in [-0.05, 0) is 42.5 Å². The lowest BCUT2D eigenvalue weighted by atomic mass is 10.2. The molecule has 0 unspecified atom stereocenters. The Labute approximate surface area is 168 Å². The maximum Gasteiger partial charge on any atom is 0.274 e. The molecule has 1 amide bonds. The Morgan fingerprint density at radius 1 is 0.893 bits per heavy atom. The van der Waals surface area contributed by atoms with Gasteiger partial charge in [-0.3, -0.25) is 9.78 Å². The zero-order valence-corrected chi connectivity index (χ0v) is 15.9. The van der Waals surface area contributed by atoms with E-state index in [0.717, 1.165) is 37.8 Å². The molecule has 3 heterocycles. The number of rotatable bonds is 4. The average Bonchev–Trinajstić information content (AvgIpc) is 2.76. The summed E-state index contributed by atoms with van der Waals surface area (Å²) in [6.45, 7) is 3.28. The van der Waals surface area contributed by atoms with E-state index in [2.05, 4.69) is 30.1 Å². The van der Waals surface area contributed by atoms with Gasteiger partial charge in [0.05, 0.1) is 0 Å². The van der Waals surface area contributed by atoms with Crippen LogP contribution >= 0.6 is 11.6 Å². The Morgan fingerprint density at radius 2 is 1.57 bits per heavy atom. The SMILES string of the molecule is O=C(Nc1ccc(Cl)cc1)c1cc(N2CCN(c3ncccn3)CC2)ccn1. The van der Waals surface area contributed by atoms with Crippen LogP contribution in [0.2, 0.25) is 5.02 Å². The molecule has 1 aliphatic heterocycles. The number of anilines is 3. The molecule has 0 spiro atoms. The highest BCUT2D eigenvalue weighted by molar-refractivity contribution is 6.30. The molecule has 0 bridgehead atoms. The van der Waals surface area contributed by atoms with E-state index in [0.29, 0.717) is 16.4 Å². The number of aromatic nitrogens is 3. The minimum absolute atomic E-state index is 0.250. The fraction of sp³-hybridized carbons (Fsp3) is 0.200. The van der Waals surface area contributed by atoms with E-state index < -0.39 is 0 Å². The van der Waals surface area contributed by atoms with Crippen LogP contribution in [0.25, 0.3) is 0 Å². The van der Waals surface area contributed by atoms with E-state index in [1.54, 1.807) is 42.9 Å². The van der Waals surface area contributed by atoms with Crippen LogP contribution < -0.4 is 15.1 Å². The largest absolute Gasteiger partial charge is 0.368 e. The highest BCUT2D eigenvalue weighted by Crippen LogP contribution is 2.20. The Bertz CT molecular complexity index is 942. The molecule has 1 N–H and O–H groups in total. The summed E-state index contributed by atoms with van der Waals surface area (Å²) in [4.78, 5) is 29.7. The quantitative estimate of drug-likeness (QED) is 0.733. The topological polar surface area (TPSA) is 74.2 Å². The van der Waals surface area contributed by atoms with Crippen LogP contribution in [0, 0.1) is 0 Å². The number of nitrogens with one attached hydrogen (secondary N) is 1. The lowest BCUT2D eigenvalue weighted by Crippen LogP contribution is -2.47. The summed E-state index contributed by atoms with van der Waals surface area (Å²) in [5, 5.41) is 3.46. The Morgan fingerprint density at radius 3 is 2.29 bits per heavy atom. The fourth-order valence-corrected chi connectivity index (χ4v) is 3.21. The van der Waals surface area contributed by atoms with Gasteiger partial charge in [-0.25, -0.2) is 9.97 Å². The number of pyridine rings is 1. The third-order valence-electron chi connectivity index (χ3n) is 4.56. The van der Waals surface area contributed by atoms with Crippen LogP contribution in [0.3, 0.4) is 0 Å². The number of carbonyl (C=O) groups excluding carboxylic acids is 1. The van der Waals surface area contributed by atoms with Crippen LogP contribution in [0.5, 0.6) is 0 Å². The molecule has 3 aromatic rings. The first-order valence-electron chi connectivity index (χ1n) is 8.99. The van der Waals surface area contributed by atoms with Crippen molar-refractivity contribution in [1.29, 1.82) is 0 Å². The van der Waals surface area contributed by atoms with E-state index in [1.165, 1.54) is 0 Å². The van der Waals surface area contributed by atoms with Crippen molar-refractivity contribution in [3.05, 3.63) is 71.8 Å². The predicted octanol–water partition coefficient (Wildman–Crippen LogP) is 3.10. The molecule has 2 aromatic heterocycles. The molecule has 4 rings (SSSR count). The summed E-state index contributed by atoms with van der Waals surface area (Å²) in [5.74, 6) is 0.500. The summed E-state index contributed by atoms with van der Waals surface area (Å²) >= 11 is 5.88. The Kier molecular flexibility index (Phi) is 5.34. The van der Waals surface area contributed by atoms with Crippen LogP contribution in [-0.2, 0) is 0 Å². The van der Waals surface area contributed by atoms with Gasteiger partial charge in [0.1, 0.15) is 5.69 Å². The van der Waals surface area contributed by atoms with Crippen molar-refractivity contribution in [3.63, 3.8) is 0 Å². The smallest absolute Gasteiger partial charge is 0.274 e. The number of halogens is 1. The summed E-state index contributed by atoms with van der Waals surface area (Å²) in [6, 6.07) is 12.5. The number of piperazine rings is 1. The molecule has 28 heavy (non-hydrogen) atoms. The molecular formula is C20H19ClN6O. The fourth-order valence-electron chi connectivity index (χ4n) is 3.09. The molecule has 0 radical (unpaired) electrons. The van der Waals surface area contributed by atoms with Crippen molar-refractivity contribution < 1.29 is 4.79 Å². The van der Waals surface area contributed by atoms with E-state index in [9.17, 15) is 4.79 Å². The van der Waals surface area contributed by atoms with E-state index in [1.807, 2.05) is 18.2 Å². The lowest BCUT2D eigenvalue weighted by molar-refractivity contribution is 0.102. The summed E-state index contributed by atoms with van der Waals surface area (Å²) in [6.07, 6.45) is 5.17. The molecular weight excluding hydrogens is 376 g/mol. The van der Waals surface area contributed by atoms with Crippen molar-refractivity contribution in [1.82, 2.24) is 15.0 Å². The van der Waals surface area contributed by atoms with Crippen molar-refractivity contribution in [2.75, 3.05) is 41.3 Å². The molecule has 142 valence electrons. The maximum absolute atomic E-state index is 12.5. The second-order valence-corrected chi connectivity index (χ2v) is 6.82. The predicted molar refractivity (Wildman–Crippen MR) is 110 cm³/mol. The van der Waals surface area contributed by atoms with Gasteiger partial charge in [-0.2, -0.15) is 0 Å². The molecule has 1 fully saturated rings. The highest BCUT2D eigenvalue weighted by Gasteiger charge is 2.20. The highest BCUT2D eigenvalue weighted by atomic mass is 35.5. The maximum atomic E-state index is 12.5. The molecule has 0 atom stereocenters. The van der Waals surface area contributed by atoms with Gasteiger partial charge in [0, 0.05) is 61.2 Å². The molecule has 1 aliphatic rings. The Balaban J connectivity index is 1.41. The molecule has 0 saturated carbocycles. The van der Waals surface area contributed by atoms with E-state index in [4.69, 9.17) is 11.6 Å². The third kappa shape index (κ3) is 4.20. The van der Waals surface area contributed by atoms with Gasteiger partial charge in [0.15, 0.2) is 0 Å². The first-order valence-corrected chi connectivity index (χ1v) is 9.37. The second kappa shape index (κ2) is 8.22. The van der Waals surface area contributed by atoms with Crippen LogP contribution in [0.15, 0.2) is 61.1 Å². The van der Waals surface area contributed by atoms with Gasteiger partial charge in [-0.1, -0.05) is 11.6 Å². The number of hydrogen-bond donors (Lipinski definition) is 1. The summed E-state index contributed by atoms with van der Waals surface area (Å²) in [7, 11) is 0. The Hall–Kier alpha value is -3.19. The van der Waals surface area contributed by atoms with Crippen molar-refractivity contribution in [2.45, 2.75) is 0 Å². The standard InChI is InChI=1S/C20H19ClN6O/c21-15-2-4-16(5-3-15)25-19(28)18-14-17(6-9-22-18)26-10-12-27(13-11-26)20-23-7-1-8-24-20/h1-9,14H,10-13H2,(H,25,28).